The van der Waals surface area contributed by atoms with Crippen molar-refractivity contribution in [2.24, 2.45) is 0 Å². The minimum absolute atomic E-state index is 0.0607. The fourth-order valence-corrected chi connectivity index (χ4v) is 2.06. The fraction of sp³-hybridized carbons (Fsp3) is 0.0833. The Bertz CT molecular complexity index is 622. The largest absolute Gasteiger partial charge is 0.477 e. The van der Waals surface area contributed by atoms with Crippen LogP contribution < -0.4 is 0 Å². The average molecular weight is 279 g/mol. The molecular weight excluding hydrogens is 269 g/mol. The van der Waals surface area contributed by atoms with Crippen LogP contribution in [0.3, 0.4) is 0 Å². The standard InChI is InChI=1S/C12H10FN3O2S/c1-7-14-12(16-15-7)19-10(11(17)18)6-8-2-4-9(13)5-3-8/h2-6H,1H3,(H,17,18)(H,14,15,16)/b10-6-. The van der Waals surface area contributed by atoms with E-state index in [2.05, 4.69) is 15.2 Å². The molecular formula is C12H10FN3O2S. The topological polar surface area (TPSA) is 78.9 Å². The van der Waals surface area contributed by atoms with Crippen molar-refractivity contribution in [3.05, 3.63) is 46.4 Å². The van der Waals surface area contributed by atoms with E-state index in [4.69, 9.17) is 5.11 Å². The Morgan fingerprint density at radius 3 is 2.63 bits per heavy atom. The van der Waals surface area contributed by atoms with Crippen LogP contribution in [0.1, 0.15) is 11.4 Å². The minimum Gasteiger partial charge on any atom is -0.477 e. The highest BCUT2D eigenvalue weighted by molar-refractivity contribution is 8.04. The molecule has 98 valence electrons. The Morgan fingerprint density at radius 2 is 2.11 bits per heavy atom. The van der Waals surface area contributed by atoms with Crippen molar-refractivity contribution >= 4 is 23.8 Å². The van der Waals surface area contributed by atoms with E-state index in [0.717, 1.165) is 11.8 Å². The number of hydrogen-bond acceptors (Lipinski definition) is 4. The van der Waals surface area contributed by atoms with Gasteiger partial charge in [-0.25, -0.2) is 14.2 Å². The molecule has 0 saturated heterocycles. The second-order valence-corrected chi connectivity index (χ2v) is 4.68. The van der Waals surface area contributed by atoms with Crippen LogP contribution in [0.25, 0.3) is 6.08 Å². The number of benzene rings is 1. The summed E-state index contributed by atoms with van der Waals surface area (Å²) in [4.78, 5) is 15.2. The molecule has 1 heterocycles. The van der Waals surface area contributed by atoms with Gasteiger partial charge in [-0.1, -0.05) is 12.1 Å². The molecule has 19 heavy (non-hydrogen) atoms. The van der Waals surface area contributed by atoms with Crippen molar-refractivity contribution in [3.8, 4) is 0 Å². The second kappa shape index (κ2) is 5.66. The van der Waals surface area contributed by atoms with Gasteiger partial charge in [0.05, 0.1) is 0 Å². The van der Waals surface area contributed by atoms with Gasteiger partial charge in [0.15, 0.2) is 0 Å². The first-order valence-electron chi connectivity index (χ1n) is 5.32. The Labute approximate surface area is 112 Å². The maximum atomic E-state index is 12.8. The maximum Gasteiger partial charge on any atom is 0.342 e. The fourth-order valence-electron chi connectivity index (χ4n) is 1.31. The number of aryl methyl sites for hydroxylation is 1. The Hall–Kier alpha value is -2.15. The summed E-state index contributed by atoms with van der Waals surface area (Å²) in [7, 11) is 0. The van der Waals surface area contributed by atoms with Crippen LogP contribution >= 0.6 is 11.8 Å². The zero-order valence-electron chi connectivity index (χ0n) is 9.92. The number of thioether (sulfide) groups is 1. The van der Waals surface area contributed by atoms with Crippen molar-refractivity contribution in [1.82, 2.24) is 15.2 Å². The number of carboxylic acid groups (broad SMARTS) is 1. The summed E-state index contributed by atoms with van der Waals surface area (Å²) in [6.07, 6.45) is 1.44. The summed E-state index contributed by atoms with van der Waals surface area (Å²) >= 11 is 0.931. The zero-order valence-corrected chi connectivity index (χ0v) is 10.7. The molecule has 0 aliphatic carbocycles. The lowest BCUT2D eigenvalue weighted by atomic mass is 10.2. The molecule has 0 unspecified atom stereocenters. The highest BCUT2D eigenvalue weighted by atomic mass is 32.2. The molecule has 0 aliphatic heterocycles. The number of aromatic nitrogens is 3. The smallest absolute Gasteiger partial charge is 0.342 e. The molecule has 0 aliphatic rings. The van der Waals surface area contributed by atoms with E-state index < -0.39 is 5.97 Å². The van der Waals surface area contributed by atoms with Crippen molar-refractivity contribution in [2.75, 3.05) is 0 Å². The molecule has 0 fully saturated rings. The van der Waals surface area contributed by atoms with Gasteiger partial charge in [0.1, 0.15) is 16.5 Å². The van der Waals surface area contributed by atoms with Gasteiger partial charge in [-0.2, -0.15) is 0 Å². The molecule has 2 rings (SSSR count). The molecule has 0 spiro atoms. The number of halogens is 1. The predicted octanol–water partition coefficient (Wildman–Crippen LogP) is 2.47. The molecule has 0 saturated carbocycles. The molecule has 5 nitrogen and oxygen atoms in total. The zero-order chi connectivity index (χ0) is 13.8. The lowest BCUT2D eigenvalue weighted by molar-refractivity contribution is -0.131. The van der Waals surface area contributed by atoms with E-state index in [0.29, 0.717) is 16.5 Å². The Balaban J connectivity index is 2.24. The van der Waals surface area contributed by atoms with Crippen LogP contribution in [0.4, 0.5) is 4.39 Å². The number of hydrogen-bond donors (Lipinski definition) is 2. The molecule has 0 atom stereocenters. The van der Waals surface area contributed by atoms with Gasteiger partial charge in [-0.15, -0.1) is 5.10 Å². The number of nitrogens with zero attached hydrogens (tertiary/aromatic N) is 2. The van der Waals surface area contributed by atoms with Gasteiger partial charge in [0.2, 0.25) is 5.16 Å². The summed E-state index contributed by atoms with van der Waals surface area (Å²) in [6, 6.07) is 5.55. The van der Waals surface area contributed by atoms with Crippen LogP contribution in [-0.4, -0.2) is 26.3 Å². The van der Waals surface area contributed by atoms with Crippen LogP contribution in [-0.2, 0) is 4.79 Å². The molecule has 7 heteroatoms. The van der Waals surface area contributed by atoms with Crippen LogP contribution in [0.5, 0.6) is 0 Å². The number of carbonyl (C=O) groups is 1. The SMILES string of the molecule is Cc1nc(S/C(=C\c2ccc(F)cc2)C(=O)O)n[nH]1. The number of nitrogens with one attached hydrogen (secondary N) is 1. The third-order valence-electron chi connectivity index (χ3n) is 2.16. The van der Waals surface area contributed by atoms with E-state index in [9.17, 15) is 9.18 Å². The molecule has 0 bridgehead atoms. The van der Waals surface area contributed by atoms with E-state index in [1.807, 2.05) is 0 Å². The number of carboxylic acids is 1. The summed E-state index contributed by atoms with van der Waals surface area (Å²) in [5.74, 6) is -0.850. The van der Waals surface area contributed by atoms with Crippen molar-refractivity contribution in [3.63, 3.8) is 0 Å². The first-order chi connectivity index (χ1) is 9.04. The first-order valence-corrected chi connectivity index (χ1v) is 6.13. The maximum absolute atomic E-state index is 12.8. The number of H-pyrrole nitrogens is 1. The highest BCUT2D eigenvalue weighted by Crippen LogP contribution is 2.25. The number of aliphatic carboxylic acids is 1. The molecule has 2 aromatic rings. The molecule has 2 N–H and O–H groups in total. The summed E-state index contributed by atoms with van der Waals surface area (Å²) in [5.41, 5.74) is 0.596. The van der Waals surface area contributed by atoms with Gasteiger partial charge in [-0.05, 0) is 42.5 Å². The second-order valence-electron chi connectivity index (χ2n) is 3.67. The van der Waals surface area contributed by atoms with Crippen LogP contribution in [0.15, 0.2) is 34.3 Å². The molecule has 1 aromatic heterocycles. The van der Waals surface area contributed by atoms with E-state index in [-0.39, 0.29) is 10.7 Å². The van der Waals surface area contributed by atoms with Crippen molar-refractivity contribution < 1.29 is 14.3 Å². The van der Waals surface area contributed by atoms with Crippen molar-refractivity contribution in [2.45, 2.75) is 12.1 Å². The summed E-state index contributed by atoms with van der Waals surface area (Å²) in [6.45, 7) is 1.72. The van der Waals surface area contributed by atoms with E-state index in [1.165, 1.54) is 30.3 Å². The minimum atomic E-state index is -1.09. The average Bonchev–Trinajstić information content (AvgIpc) is 2.76. The van der Waals surface area contributed by atoms with Gasteiger partial charge in [0.25, 0.3) is 0 Å². The monoisotopic (exact) mass is 279 g/mol. The molecule has 0 amide bonds. The van der Waals surface area contributed by atoms with Crippen LogP contribution in [0.2, 0.25) is 0 Å². The summed E-state index contributed by atoms with van der Waals surface area (Å²) in [5, 5.41) is 15.9. The quantitative estimate of drug-likeness (QED) is 0.664. The predicted molar refractivity (Wildman–Crippen MR) is 69.0 cm³/mol. The summed E-state index contributed by atoms with van der Waals surface area (Å²) < 4.78 is 12.8. The molecule has 0 radical (unpaired) electrons. The highest BCUT2D eigenvalue weighted by Gasteiger charge is 2.12. The van der Waals surface area contributed by atoms with E-state index in [1.54, 1.807) is 6.92 Å². The number of aromatic amines is 1. The van der Waals surface area contributed by atoms with Crippen LogP contribution in [0, 0.1) is 12.7 Å². The van der Waals surface area contributed by atoms with Gasteiger partial charge < -0.3 is 5.11 Å². The number of rotatable bonds is 4. The third kappa shape index (κ3) is 3.65. The van der Waals surface area contributed by atoms with E-state index >= 15 is 0 Å². The van der Waals surface area contributed by atoms with Gasteiger partial charge in [0, 0.05) is 0 Å². The molecule has 1 aromatic carbocycles. The first kappa shape index (κ1) is 13.3. The lowest BCUT2D eigenvalue weighted by Crippen LogP contribution is -1.97. The normalized spacial score (nSPS) is 11.6. The Morgan fingerprint density at radius 1 is 1.42 bits per heavy atom. The van der Waals surface area contributed by atoms with Gasteiger partial charge >= 0.3 is 5.97 Å². The third-order valence-corrected chi connectivity index (χ3v) is 3.03. The van der Waals surface area contributed by atoms with Crippen molar-refractivity contribution in [1.29, 1.82) is 0 Å². The lowest BCUT2D eigenvalue weighted by Gasteiger charge is -1.99. The Kier molecular flexibility index (Phi) is 3.96. The van der Waals surface area contributed by atoms with Gasteiger partial charge in [-0.3, -0.25) is 5.10 Å².